The van der Waals surface area contributed by atoms with Gasteiger partial charge < -0.3 is 19.5 Å². The van der Waals surface area contributed by atoms with E-state index in [2.05, 4.69) is 20.6 Å². The van der Waals surface area contributed by atoms with Gasteiger partial charge in [-0.25, -0.2) is 0 Å². The SMILES string of the molecule is COc1ccc(O[C@@H](C)C(=O)NCCOc2ccc3nnc(-c4ccccc4)n3n2)cc1. The maximum atomic E-state index is 12.3. The summed E-state index contributed by atoms with van der Waals surface area (Å²) in [7, 11) is 1.59. The zero-order valence-electron chi connectivity index (χ0n) is 17.8. The Hall–Kier alpha value is -4.14. The van der Waals surface area contributed by atoms with Crippen LogP contribution in [0.4, 0.5) is 0 Å². The van der Waals surface area contributed by atoms with Gasteiger partial charge in [-0.15, -0.1) is 15.3 Å². The number of nitrogens with one attached hydrogen (secondary N) is 1. The van der Waals surface area contributed by atoms with E-state index in [-0.39, 0.29) is 12.5 Å². The summed E-state index contributed by atoms with van der Waals surface area (Å²) in [5.41, 5.74) is 1.52. The van der Waals surface area contributed by atoms with Crippen molar-refractivity contribution in [3.63, 3.8) is 0 Å². The van der Waals surface area contributed by atoms with Crippen LogP contribution in [0.3, 0.4) is 0 Å². The monoisotopic (exact) mass is 433 g/mol. The number of methoxy groups -OCH3 is 1. The molecule has 2 heterocycles. The van der Waals surface area contributed by atoms with E-state index >= 15 is 0 Å². The molecule has 2 aromatic heterocycles. The highest BCUT2D eigenvalue weighted by molar-refractivity contribution is 5.80. The van der Waals surface area contributed by atoms with Crippen molar-refractivity contribution in [3.8, 4) is 28.8 Å². The molecule has 9 nitrogen and oxygen atoms in total. The summed E-state index contributed by atoms with van der Waals surface area (Å²) in [4.78, 5) is 12.3. The molecule has 0 unspecified atom stereocenters. The van der Waals surface area contributed by atoms with Crippen LogP contribution in [0.5, 0.6) is 17.4 Å². The second-order valence-corrected chi connectivity index (χ2v) is 6.91. The summed E-state index contributed by atoms with van der Waals surface area (Å²) in [6.45, 7) is 2.25. The standard InChI is InChI=1S/C23H23N5O4/c1-16(32-19-10-8-18(30-2)9-11-19)23(29)24-14-15-31-21-13-12-20-25-26-22(28(20)27-21)17-6-4-3-5-7-17/h3-13,16H,14-15H2,1-2H3,(H,24,29)/t16-/m0/s1. The van der Waals surface area contributed by atoms with E-state index in [4.69, 9.17) is 14.2 Å². The van der Waals surface area contributed by atoms with Crippen molar-refractivity contribution in [2.24, 2.45) is 0 Å². The number of aromatic nitrogens is 4. The van der Waals surface area contributed by atoms with Gasteiger partial charge in [0.05, 0.1) is 13.7 Å². The number of nitrogens with zero attached hydrogens (tertiary/aromatic N) is 4. The van der Waals surface area contributed by atoms with Gasteiger partial charge in [-0.1, -0.05) is 30.3 Å². The van der Waals surface area contributed by atoms with Gasteiger partial charge in [-0.05, 0) is 37.3 Å². The van der Waals surface area contributed by atoms with Crippen LogP contribution in [0.25, 0.3) is 17.0 Å². The summed E-state index contributed by atoms with van der Waals surface area (Å²) in [5, 5.41) is 15.6. The molecule has 2 aromatic carbocycles. The smallest absolute Gasteiger partial charge is 0.260 e. The van der Waals surface area contributed by atoms with E-state index in [1.165, 1.54) is 0 Å². The Kier molecular flexibility index (Phi) is 6.45. The van der Waals surface area contributed by atoms with E-state index < -0.39 is 6.10 Å². The molecule has 1 N–H and O–H groups in total. The van der Waals surface area contributed by atoms with Crippen molar-refractivity contribution in [1.82, 2.24) is 25.1 Å². The Morgan fingerprint density at radius 1 is 1.00 bits per heavy atom. The lowest BCUT2D eigenvalue weighted by molar-refractivity contribution is -0.127. The molecule has 4 rings (SSSR count). The Morgan fingerprint density at radius 2 is 1.75 bits per heavy atom. The van der Waals surface area contributed by atoms with E-state index in [0.29, 0.717) is 29.6 Å². The molecule has 0 fully saturated rings. The minimum absolute atomic E-state index is 0.238. The molecule has 9 heteroatoms. The number of ether oxygens (including phenoxy) is 3. The Bertz CT molecular complexity index is 1180. The molecular formula is C23H23N5O4. The third-order valence-corrected chi connectivity index (χ3v) is 4.66. The van der Waals surface area contributed by atoms with Gasteiger partial charge in [0.15, 0.2) is 17.6 Å². The maximum absolute atomic E-state index is 12.3. The van der Waals surface area contributed by atoms with Crippen LogP contribution in [0.15, 0.2) is 66.7 Å². The number of benzene rings is 2. The molecular weight excluding hydrogens is 410 g/mol. The summed E-state index contributed by atoms with van der Waals surface area (Å²) in [6, 6.07) is 20.2. The minimum atomic E-state index is -0.650. The van der Waals surface area contributed by atoms with Gasteiger partial charge in [0.25, 0.3) is 5.91 Å². The average Bonchev–Trinajstić information content (AvgIpc) is 3.26. The third kappa shape index (κ3) is 4.94. The fourth-order valence-electron chi connectivity index (χ4n) is 3.00. The van der Waals surface area contributed by atoms with Crippen molar-refractivity contribution in [3.05, 3.63) is 66.7 Å². The Morgan fingerprint density at radius 3 is 2.50 bits per heavy atom. The van der Waals surface area contributed by atoms with E-state index in [1.807, 2.05) is 30.3 Å². The highest BCUT2D eigenvalue weighted by Crippen LogP contribution is 2.19. The Labute approximate surface area is 185 Å². The molecule has 0 radical (unpaired) electrons. The number of fused-ring (bicyclic) bond motifs is 1. The van der Waals surface area contributed by atoms with E-state index in [9.17, 15) is 4.79 Å². The number of carbonyl (C=O) groups excluding carboxylic acids is 1. The number of rotatable bonds is 9. The predicted octanol–water partition coefficient (Wildman–Crippen LogP) is 2.76. The molecule has 0 bridgehead atoms. The largest absolute Gasteiger partial charge is 0.497 e. The highest BCUT2D eigenvalue weighted by atomic mass is 16.5. The first-order valence-corrected chi connectivity index (χ1v) is 10.1. The molecule has 0 aliphatic rings. The minimum Gasteiger partial charge on any atom is -0.497 e. The summed E-state index contributed by atoms with van der Waals surface area (Å²) < 4.78 is 18.1. The van der Waals surface area contributed by atoms with Crippen LogP contribution in [0.1, 0.15) is 6.92 Å². The lowest BCUT2D eigenvalue weighted by Crippen LogP contribution is -2.38. The van der Waals surface area contributed by atoms with E-state index in [0.717, 1.165) is 11.3 Å². The van der Waals surface area contributed by atoms with E-state index in [1.54, 1.807) is 54.9 Å². The van der Waals surface area contributed by atoms with Crippen molar-refractivity contribution >= 4 is 11.6 Å². The molecule has 0 spiro atoms. The molecule has 0 saturated carbocycles. The Balaban J connectivity index is 1.29. The lowest BCUT2D eigenvalue weighted by atomic mass is 10.2. The number of amides is 1. The molecule has 1 atom stereocenters. The number of hydrogen-bond donors (Lipinski definition) is 1. The van der Waals surface area contributed by atoms with Crippen LogP contribution >= 0.6 is 0 Å². The molecule has 0 saturated heterocycles. The molecule has 0 aliphatic heterocycles. The van der Waals surface area contributed by atoms with Gasteiger partial charge >= 0.3 is 0 Å². The second kappa shape index (κ2) is 9.78. The number of hydrogen-bond acceptors (Lipinski definition) is 7. The van der Waals surface area contributed by atoms with Gasteiger partial charge in [0, 0.05) is 11.6 Å². The third-order valence-electron chi connectivity index (χ3n) is 4.66. The van der Waals surface area contributed by atoms with Crippen molar-refractivity contribution in [2.45, 2.75) is 13.0 Å². The van der Waals surface area contributed by atoms with Crippen LogP contribution in [-0.2, 0) is 4.79 Å². The molecule has 0 aliphatic carbocycles. The van der Waals surface area contributed by atoms with Crippen molar-refractivity contribution in [1.29, 1.82) is 0 Å². The van der Waals surface area contributed by atoms with Gasteiger partial charge in [0.2, 0.25) is 5.88 Å². The van der Waals surface area contributed by atoms with Crippen molar-refractivity contribution < 1.29 is 19.0 Å². The fraction of sp³-hybridized carbons (Fsp3) is 0.217. The zero-order chi connectivity index (χ0) is 22.3. The molecule has 4 aromatic rings. The van der Waals surface area contributed by atoms with Crippen LogP contribution in [-0.4, -0.2) is 52.1 Å². The van der Waals surface area contributed by atoms with Gasteiger partial charge in [0.1, 0.15) is 18.1 Å². The predicted molar refractivity (Wildman–Crippen MR) is 118 cm³/mol. The van der Waals surface area contributed by atoms with Gasteiger partial charge in [-0.2, -0.15) is 4.52 Å². The molecule has 1 amide bonds. The average molecular weight is 433 g/mol. The first-order valence-electron chi connectivity index (χ1n) is 10.1. The summed E-state index contributed by atoms with van der Waals surface area (Å²) in [5.74, 6) is 2.11. The summed E-state index contributed by atoms with van der Waals surface area (Å²) >= 11 is 0. The topological polar surface area (TPSA) is 99.9 Å². The first-order chi connectivity index (χ1) is 15.6. The highest BCUT2D eigenvalue weighted by Gasteiger charge is 2.14. The van der Waals surface area contributed by atoms with Crippen LogP contribution < -0.4 is 19.5 Å². The van der Waals surface area contributed by atoms with Crippen LogP contribution in [0, 0.1) is 0 Å². The number of carbonyl (C=O) groups is 1. The molecule has 32 heavy (non-hydrogen) atoms. The first kappa shape index (κ1) is 21.1. The lowest BCUT2D eigenvalue weighted by Gasteiger charge is -2.15. The van der Waals surface area contributed by atoms with Gasteiger partial charge in [-0.3, -0.25) is 4.79 Å². The fourth-order valence-corrected chi connectivity index (χ4v) is 3.00. The maximum Gasteiger partial charge on any atom is 0.260 e. The molecule has 164 valence electrons. The van der Waals surface area contributed by atoms with Crippen molar-refractivity contribution in [2.75, 3.05) is 20.3 Å². The quantitative estimate of drug-likeness (QED) is 0.405. The van der Waals surface area contributed by atoms with Crippen LogP contribution in [0.2, 0.25) is 0 Å². The normalized spacial score (nSPS) is 11.7. The summed E-state index contributed by atoms with van der Waals surface area (Å²) in [6.07, 6.45) is -0.650. The zero-order valence-corrected chi connectivity index (χ0v) is 17.8. The second-order valence-electron chi connectivity index (χ2n) is 6.91.